The molecular weight excluding hydrogens is 384 g/mol. The summed E-state index contributed by atoms with van der Waals surface area (Å²) >= 11 is 5.60. The van der Waals surface area contributed by atoms with Gasteiger partial charge in [0, 0.05) is 38.9 Å². The van der Waals surface area contributed by atoms with Crippen LogP contribution in [-0.4, -0.2) is 67.7 Å². The maximum Gasteiger partial charge on any atom is 0.240 e. The molecule has 1 aliphatic rings. The number of piperazine rings is 1. The lowest BCUT2D eigenvalue weighted by atomic mass is 10.2. The van der Waals surface area contributed by atoms with Gasteiger partial charge in [0.05, 0.1) is 19.3 Å². The number of hydrogen-bond donors (Lipinski definition) is 1. The first-order valence-corrected chi connectivity index (χ1v) is 10.1. The highest BCUT2D eigenvalue weighted by Crippen LogP contribution is 2.25. The van der Waals surface area contributed by atoms with Crippen LogP contribution in [0.1, 0.15) is 5.56 Å². The monoisotopic (exact) mass is 412 g/mol. The van der Waals surface area contributed by atoms with Crippen LogP contribution in [0, 0.1) is 6.92 Å². The summed E-state index contributed by atoms with van der Waals surface area (Å²) in [6.07, 6.45) is 0. The van der Waals surface area contributed by atoms with Gasteiger partial charge in [-0.3, -0.25) is 9.69 Å². The lowest BCUT2D eigenvalue weighted by Gasteiger charge is -2.36. The summed E-state index contributed by atoms with van der Waals surface area (Å²) in [6.45, 7) is 5.59. The van der Waals surface area contributed by atoms with Crippen molar-refractivity contribution >= 4 is 34.6 Å². The van der Waals surface area contributed by atoms with Gasteiger partial charge in [-0.1, -0.05) is 24.3 Å². The number of nitrogens with zero attached hydrogens (tertiary/aromatic N) is 3. The molecule has 1 amide bonds. The molecule has 0 aromatic heterocycles. The third-order valence-corrected chi connectivity index (χ3v) is 5.49. The number of para-hydroxylation sites is 1. The van der Waals surface area contributed by atoms with Gasteiger partial charge in [0.1, 0.15) is 5.75 Å². The summed E-state index contributed by atoms with van der Waals surface area (Å²) in [4.78, 5) is 18.6. The highest BCUT2D eigenvalue weighted by molar-refractivity contribution is 7.80. The molecule has 0 bridgehead atoms. The Hall–Kier alpha value is -2.64. The molecule has 0 spiro atoms. The lowest BCUT2D eigenvalue weighted by Crippen LogP contribution is -2.52. The third-order valence-electron chi connectivity index (χ3n) is 5.13. The Kier molecular flexibility index (Phi) is 7.06. The van der Waals surface area contributed by atoms with Crippen LogP contribution in [0.25, 0.3) is 0 Å². The van der Waals surface area contributed by atoms with Crippen molar-refractivity contribution in [1.29, 1.82) is 0 Å². The Morgan fingerprint density at radius 1 is 1.14 bits per heavy atom. The number of benzene rings is 2. The second-order valence-corrected chi connectivity index (χ2v) is 7.57. The average Bonchev–Trinajstić information content (AvgIpc) is 2.74. The number of rotatable bonds is 5. The molecule has 0 radical (unpaired) electrons. The molecule has 154 valence electrons. The van der Waals surface area contributed by atoms with Gasteiger partial charge in [-0.25, -0.2) is 0 Å². The number of carbonyl (C=O) groups excluding carboxylic acids is 1. The first-order chi connectivity index (χ1) is 14.0. The van der Waals surface area contributed by atoms with E-state index < -0.39 is 0 Å². The predicted octanol–water partition coefficient (Wildman–Crippen LogP) is 2.98. The molecule has 1 aliphatic heterocycles. The minimum Gasteiger partial charge on any atom is -0.495 e. The maximum absolute atomic E-state index is 12.6. The van der Waals surface area contributed by atoms with E-state index in [9.17, 15) is 4.79 Å². The van der Waals surface area contributed by atoms with Crippen LogP contribution >= 0.6 is 12.2 Å². The van der Waals surface area contributed by atoms with Crippen LogP contribution in [0.5, 0.6) is 5.75 Å². The Labute approximate surface area is 178 Å². The third kappa shape index (κ3) is 5.46. The molecule has 1 N–H and O–H groups in total. The number of anilines is 2. The van der Waals surface area contributed by atoms with E-state index >= 15 is 0 Å². The van der Waals surface area contributed by atoms with Gasteiger partial charge < -0.3 is 19.9 Å². The van der Waals surface area contributed by atoms with Crippen LogP contribution in [0.4, 0.5) is 11.4 Å². The van der Waals surface area contributed by atoms with Crippen LogP contribution in [0.2, 0.25) is 0 Å². The molecule has 3 rings (SSSR count). The van der Waals surface area contributed by atoms with Crippen molar-refractivity contribution in [3.8, 4) is 5.75 Å². The number of likely N-dealkylation sites (N-methyl/N-ethyl adjacent to an activating group) is 1. The van der Waals surface area contributed by atoms with Gasteiger partial charge in [0.25, 0.3) is 0 Å². The van der Waals surface area contributed by atoms with Crippen molar-refractivity contribution in [3.05, 3.63) is 54.1 Å². The van der Waals surface area contributed by atoms with Crippen molar-refractivity contribution < 1.29 is 9.53 Å². The first-order valence-electron chi connectivity index (χ1n) is 9.72. The van der Waals surface area contributed by atoms with E-state index in [2.05, 4.69) is 15.1 Å². The van der Waals surface area contributed by atoms with E-state index in [1.807, 2.05) is 62.5 Å². The number of aryl methyl sites for hydroxylation is 1. The van der Waals surface area contributed by atoms with Crippen molar-refractivity contribution in [2.75, 3.05) is 57.1 Å². The van der Waals surface area contributed by atoms with E-state index in [0.29, 0.717) is 11.7 Å². The molecule has 29 heavy (non-hydrogen) atoms. The average molecular weight is 413 g/mol. The van der Waals surface area contributed by atoms with Crippen LogP contribution < -0.4 is 15.0 Å². The van der Waals surface area contributed by atoms with Crippen LogP contribution in [0.3, 0.4) is 0 Å². The number of methoxy groups -OCH3 is 1. The summed E-state index contributed by atoms with van der Waals surface area (Å²) in [7, 11) is 3.48. The SMILES string of the molecule is COc1ccc(C)cc1NC(=S)N1CCN(CC(=O)N(C)c2ccccc2)CC1. The molecule has 1 fully saturated rings. The molecule has 2 aromatic carbocycles. The normalized spacial score (nSPS) is 14.4. The molecule has 1 saturated heterocycles. The molecule has 7 heteroatoms. The predicted molar refractivity (Wildman–Crippen MR) is 122 cm³/mol. The summed E-state index contributed by atoms with van der Waals surface area (Å²) < 4.78 is 5.42. The number of carbonyl (C=O) groups is 1. The molecule has 2 aromatic rings. The Morgan fingerprint density at radius 3 is 2.48 bits per heavy atom. The fourth-order valence-corrected chi connectivity index (χ4v) is 3.61. The van der Waals surface area contributed by atoms with Crippen molar-refractivity contribution in [3.63, 3.8) is 0 Å². The zero-order valence-corrected chi connectivity index (χ0v) is 18.0. The molecule has 6 nitrogen and oxygen atoms in total. The summed E-state index contributed by atoms with van der Waals surface area (Å²) in [5.41, 5.74) is 2.93. The van der Waals surface area contributed by atoms with Crippen molar-refractivity contribution in [2.24, 2.45) is 0 Å². The van der Waals surface area contributed by atoms with E-state index in [1.165, 1.54) is 0 Å². The van der Waals surface area contributed by atoms with E-state index in [-0.39, 0.29) is 5.91 Å². The number of nitrogens with one attached hydrogen (secondary N) is 1. The van der Waals surface area contributed by atoms with Crippen LogP contribution in [-0.2, 0) is 4.79 Å². The fraction of sp³-hybridized carbons (Fsp3) is 0.364. The Bertz CT molecular complexity index is 851. The largest absolute Gasteiger partial charge is 0.495 e. The molecule has 1 heterocycles. The number of thiocarbonyl (C=S) groups is 1. The quantitative estimate of drug-likeness (QED) is 0.762. The summed E-state index contributed by atoms with van der Waals surface area (Å²) in [5, 5.41) is 3.99. The van der Waals surface area contributed by atoms with Gasteiger partial charge in [-0.05, 0) is 49.0 Å². The zero-order chi connectivity index (χ0) is 20.8. The van der Waals surface area contributed by atoms with Gasteiger partial charge in [-0.2, -0.15) is 0 Å². The van der Waals surface area contributed by atoms with Gasteiger partial charge in [0.15, 0.2) is 5.11 Å². The summed E-state index contributed by atoms with van der Waals surface area (Å²) in [5.74, 6) is 0.862. The van der Waals surface area contributed by atoms with Gasteiger partial charge in [0.2, 0.25) is 5.91 Å². The molecular formula is C22H28N4O2S. The first kappa shape index (κ1) is 21.1. The molecule has 0 atom stereocenters. The minimum atomic E-state index is 0.0925. The smallest absolute Gasteiger partial charge is 0.240 e. The van der Waals surface area contributed by atoms with Crippen LogP contribution in [0.15, 0.2) is 48.5 Å². The Balaban J connectivity index is 1.51. The highest BCUT2D eigenvalue weighted by Gasteiger charge is 2.22. The van der Waals surface area contributed by atoms with E-state index in [1.54, 1.807) is 12.0 Å². The topological polar surface area (TPSA) is 48.1 Å². The van der Waals surface area contributed by atoms with Crippen molar-refractivity contribution in [2.45, 2.75) is 6.92 Å². The second-order valence-electron chi connectivity index (χ2n) is 7.19. The van der Waals surface area contributed by atoms with E-state index in [0.717, 1.165) is 48.9 Å². The summed E-state index contributed by atoms with van der Waals surface area (Å²) in [6, 6.07) is 15.7. The second kappa shape index (κ2) is 9.71. The number of amides is 1. The van der Waals surface area contributed by atoms with Gasteiger partial charge >= 0.3 is 0 Å². The zero-order valence-electron chi connectivity index (χ0n) is 17.2. The molecule has 0 unspecified atom stereocenters. The highest BCUT2D eigenvalue weighted by atomic mass is 32.1. The van der Waals surface area contributed by atoms with Crippen molar-refractivity contribution in [1.82, 2.24) is 9.80 Å². The lowest BCUT2D eigenvalue weighted by molar-refractivity contribution is -0.119. The standard InChI is InChI=1S/C22H28N4O2S/c1-17-9-10-20(28-3)19(15-17)23-22(29)26-13-11-25(12-14-26)16-21(27)24(2)18-7-5-4-6-8-18/h4-10,15H,11-14,16H2,1-3H3,(H,23,29). The maximum atomic E-state index is 12.6. The van der Waals surface area contributed by atoms with E-state index in [4.69, 9.17) is 17.0 Å². The molecule has 0 aliphatic carbocycles. The molecule has 0 saturated carbocycles. The number of ether oxygens (including phenoxy) is 1. The van der Waals surface area contributed by atoms with Gasteiger partial charge in [-0.15, -0.1) is 0 Å². The number of hydrogen-bond acceptors (Lipinski definition) is 4. The fourth-order valence-electron chi connectivity index (χ4n) is 3.32. The minimum absolute atomic E-state index is 0.0925. The Morgan fingerprint density at radius 2 is 1.83 bits per heavy atom.